The molecule has 1 aliphatic rings. The molecule has 1 fully saturated rings. The number of carbonyl (C=O) groups excluding carboxylic acids is 2. The first-order valence-electron chi connectivity index (χ1n) is 10.8. The Hall–Kier alpha value is -2.22. The summed E-state index contributed by atoms with van der Waals surface area (Å²) in [5, 5.41) is 14.3. The summed E-state index contributed by atoms with van der Waals surface area (Å²) in [4.78, 5) is 24.9. The maximum absolute atomic E-state index is 12.8. The summed E-state index contributed by atoms with van der Waals surface area (Å²) in [6, 6.07) is 10.6. The molecule has 0 spiro atoms. The van der Waals surface area contributed by atoms with Crippen molar-refractivity contribution in [2.75, 3.05) is 29.5 Å². The van der Waals surface area contributed by atoms with E-state index in [1.165, 1.54) is 40.3 Å². The Balaban J connectivity index is 1.30. The molecule has 3 aromatic rings. The molecule has 2 aromatic carbocycles. The Morgan fingerprint density at radius 1 is 0.972 bits per heavy atom. The molecule has 2 amide bonds. The first-order chi connectivity index (χ1) is 17.2. The highest BCUT2D eigenvalue weighted by Crippen LogP contribution is 2.28. The summed E-state index contributed by atoms with van der Waals surface area (Å²) in [5.74, 6) is -0.628. The van der Waals surface area contributed by atoms with Crippen LogP contribution in [-0.4, -0.2) is 53.6 Å². The number of carbonyl (C=O) groups is 2. The van der Waals surface area contributed by atoms with Gasteiger partial charge in [0.2, 0.25) is 21.1 Å². The molecule has 0 bridgehead atoms. The maximum Gasteiger partial charge on any atom is 0.257 e. The minimum Gasteiger partial charge on any atom is -0.325 e. The monoisotopic (exact) mass is 585 g/mol. The van der Waals surface area contributed by atoms with Crippen molar-refractivity contribution in [2.45, 2.75) is 28.5 Å². The quantitative estimate of drug-likeness (QED) is 0.281. The number of halogens is 2. The van der Waals surface area contributed by atoms with Gasteiger partial charge in [0.25, 0.3) is 5.91 Å². The van der Waals surface area contributed by atoms with Crippen molar-refractivity contribution >= 4 is 79.0 Å². The first-order valence-corrected chi connectivity index (χ1v) is 14.8. The number of hydrogen-bond acceptors (Lipinski definition) is 8. The van der Waals surface area contributed by atoms with E-state index in [0.29, 0.717) is 33.2 Å². The van der Waals surface area contributed by atoms with Crippen LogP contribution in [0.4, 0.5) is 10.8 Å². The van der Waals surface area contributed by atoms with Crippen LogP contribution in [0, 0.1) is 0 Å². The van der Waals surface area contributed by atoms with Gasteiger partial charge in [-0.05, 0) is 55.3 Å². The molecule has 1 aromatic heterocycles. The average Bonchev–Trinajstić information content (AvgIpc) is 3.33. The van der Waals surface area contributed by atoms with Crippen molar-refractivity contribution in [3.8, 4) is 0 Å². The molecule has 0 aliphatic carbocycles. The minimum atomic E-state index is -3.56. The summed E-state index contributed by atoms with van der Waals surface area (Å²) >= 11 is 14.1. The van der Waals surface area contributed by atoms with Crippen LogP contribution in [0.3, 0.4) is 0 Å². The average molecular weight is 587 g/mol. The number of nitrogens with one attached hydrogen (secondary N) is 2. The molecule has 36 heavy (non-hydrogen) atoms. The summed E-state index contributed by atoms with van der Waals surface area (Å²) in [6.07, 6.45) is 2.73. The summed E-state index contributed by atoms with van der Waals surface area (Å²) < 4.78 is 27.5. The topological polar surface area (TPSA) is 121 Å². The Kier molecular flexibility index (Phi) is 8.86. The van der Waals surface area contributed by atoms with Crippen molar-refractivity contribution in [1.82, 2.24) is 14.5 Å². The number of hydrogen-bond donors (Lipinski definition) is 2. The van der Waals surface area contributed by atoms with E-state index in [0.717, 1.165) is 30.6 Å². The van der Waals surface area contributed by atoms with Gasteiger partial charge >= 0.3 is 0 Å². The van der Waals surface area contributed by atoms with E-state index in [-0.39, 0.29) is 27.3 Å². The van der Waals surface area contributed by atoms with Gasteiger partial charge in [0.05, 0.1) is 20.7 Å². The van der Waals surface area contributed by atoms with Crippen LogP contribution in [0.15, 0.2) is 51.7 Å². The van der Waals surface area contributed by atoms with Crippen LogP contribution in [0.25, 0.3) is 0 Å². The zero-order chi connectivity index (χ0) is 25.7. The molecule has 0 saturated carbocycles. The molecule has 0 unspecified atom stereocenters. The fraction of sp³-hybridized carbons (Fsp3) is 0.273. The number of piperidine rings is 1. The summed E-state index contributed by atoms with van der Waals surface area (Å²) in [7, 11) is -3.56. The first kappa shape index (κ1) is 26.8. The smallest absolute Gasteiger partial charge is 0.257 e. The van der Waals surface area contributed by atoms with Gasteiger partial charge in [0, 0.05) is 24.3 Å². The standard InChI is InChI=1S/C22H21Cl2N5O4S3/c23-17-9-6-15(12-18(17)24)25-19(30)13-34-22-28-27-21(35-22)26-20(31)14-4-7-16(8-5-14)36(32,33)29-10-2-1-3-11-29/h4-9,12H,1-3,10-11,13H2,(H,25,30)(H,26,27,31). The predicted molar refractivity (Wildman–Crippen MR) is 143 cm³/mol. The van der Waals surface area contributed by atoms with Crippen molar-refractivity contribution in [3.05, 3.63) is 58.1 Å². The van der Waals surface area contributed by atoms with Gasteiger partial charge in [0.15, 0.2) is 4.34 Å². The van der Waals surface area contributed by atoms with Gasteiger partial charge in [-0.15, -0.1) is 10.2 Å². The zero-order valence-corrected chi connectivity index (χ0v) is 22.7. The van der Waals surface area contributed by atoms with Crippen molar-refractivity contribution in [2.24, 2.45) is 0 Å². The molecule has 2 N–H and O–H groups in total. The van der Waals surface area contributed by atoms with E-state index in [4.69, 9.17) is 23.2 Å². The predicted octanol–water partition coefficient (Wildman–Crippen LogP) is 5.00. The highest BCUT2D eigenvalue weighted by molar-refractivity contribution is 8.01. The van der Waals surface area contributed by atoms with E-state index in [9.17, 15) is 18.0 Å². The molecule has 1 saturated heterocycles. The molecular weight excluding hydrogens is 565 g/mol. The molecule has 9 nitrogen and oxygen atoms in total. The number of amides is 2. The molecule has 1 aliphatic heterocycles. The number of aromatic nitrogens is 2. The van der Waals surface area contributed by atoms with E-state index < -0.39 is 15.9 Å². The highest BCUT2D eigenvalue weighted by atomic mass is 35.5. The minimum absolute atomic E-state index is 0.0791. The molecule has 2 heterocycles. The second kappa shape index (κ2) is 11.9. The molecular formula is C22H21Cl2N5O4S3. The number of rotatable bonds is 8. The van der Waals surface area contributed by atoms with Crippen molar-refractivity contribution < 1.29 is 18.0 Å². The lowest BCUT2D eigenvalue weighted by Crippen LogP contribution is -2.35. The van der Waals surface area contributed by atoms with Crippen LogP contribution in [0.5, 0.6) is 0 Å². The molecule has 14 heteroatoms. The lowest BCUT2D eigenvalue weighted by molar-refractivity contribution is -0.113. The Bertz CT molecular complexity index is 1360. The van der Waals surface area contributed by atoms with Gasteiger partial charge in [-0.3, -0.25) is 14.9 Å². The summed E-state index contributed by atoms with van der Waals surface area (Å²) in [6.45, 7) is 1.03. The van der Waals surface area contributed by atoms with Gasteiger partial charge in [-0.1, -0.05) is 52.7 Å². The fourth-order valence-electron chi connectivity index (χ4n) is 3.42. The van der Waals surface area contributed by atoms with Gasteiger partial charge in [0.1, 0.15) is 0 Å². The van der Waals surface area contributed by atoms with Crippen LogP contribution in [0.2, 0.25) is 10.0 Å². The highest BCUT2D eigenvalue weighted by Gasteiger charge is 2.26. The fourth-order valence-corrected chi connectivity index (χ4v) is 6.78. The third-order valence-corrected chi connectivity index (χ3v) is 9.85. The molecule has 0 atom stereocenters. The van der Waals surface area contributed by atoms with Crippen LogP contribution >= 0.6 is 46.3 Å². The van der Waals surface area contributed by atoms with Crippen LogP contribution in [-0.2, 0) is 14.8 Å². The van der Waals surface area contributed by atoms with E-state index >= 15 is 0 Å². The van der Waals surface area contributed by atoms with Crippen molar-refractivity contribution in [1.29, 1.82) is 0 Å². The molecule has 190 valence electrons. The van der Waals surface area contributed by atoms with Gasteiger partial charge < -0.3 is 5.32 Å². The number of sulfonamides is 1. The largest absolute Gasteiger partial charge is 0.325 e. The van der Waals surface area contributed by atoms with E-state index in [1.807, 2.05) is 0 Å². The Morgan fingerprint density at radius 2 is 1.69 bits per heavy atom. The van der Waals surface area contributed by atoms with Crippen LogP contribution < -0.4 is 10.6 Å². The van der Waals surface area contributed by atoms with Crippen LogP contribution in [0.1, 0.15) is 29.6 Å². The van der Waals surface area contributed by atoms with Crippen molar-refractivity contribution in [3.63, 3.8) is 0 Å². The normalized spacial score (nSPS) is 14.4. The Labute approximate surface area is 226 Å². The molecule has 0 radical (unpaired) electrons. The third-order valence-electron chi connectivity index (χ3n) is 5.23. The lowest BCUT2D eigenvalue weighted by Gasteiger charge is -2.25. The Morgan fingerprint density at radius 3 is 2.39 bits per heavy atom. The van der Waals surface area contributed by atoms with Gasteiger partial charge in [-0.2, -0.15) is 4.31 Å². The number of thioether (sulfide) groups is 1. The maximum atomic E-state index is 12.8. The number of nitrogens with zero attached hydrogens (tertiary/aromatic N) is 3. The van der Waals surface area contributed by atoms with Gasteiger partial charge in [-0.25, -0.2) is 8.42 Å². The second-order valence-electron chi connectivity index (χ2n) is 7.78. The third kappa shape index (κ3) is 6.75. The summed E-state index contributed by atoms with van der Waals surface area (Å²) in [5.41, 5.74) is 0.813. The van der Waals surface area contributed by atoms with E-state index in [1.54, 1.807) is 18.2 Å². The number of benzene rings is 2. The van der Waals surface area contributed by atoms with E-state index in [2.05, 4.69) is 20.8 Å². The number of anilines is 2. The molecule has 4 rings (SSSR count). The lowest BCUT2D eigenvalue weighted by atomic mass is 10.2. The zero-order valence-electron chi connectivity index (χ0n) is 18.7. The second-order valence-corrected chi connectivity index (χ2v) is 12.7. The SMILES string of the molecule is O=C(CSc1nnc(NC(=O)c2ccc(S(=O)(=O)N3CCCCC3)cc2)s1)Nc1ccc(Cl)c(Cl)c1.